The summed E-state index contributed by atoms with van der Waals surface area (Å²) in [4.78, 5) is 24.7. The zero-order valence-corrected chi connectivity index (χ0v) is 7.80. The number of hydrogen-bond acceptors (Lipinski definition) is 3. The molecule has 0 aliphatic carbocycles. The first-order chi connectivity index (χ1) is 6.20. The van der Waals surface area contributed by atoms with Crippen molar-refractivity contribution >= 4 is 28.8 Å². The minimum absolute atomic E-state index is 0.258. The number of nitrogens with zero attached hydrogens (tertiary/aromatic N) is 1. The van der Waals surface area contributed by atoms with Crippen molar-refractivity contribution in [1.29, 1.82) is 0 Å². The summed E-state index contributed by atoms with van der Waals surface area (Å²) in [5, 5.41) is 1.86. The maximum Gasteiger partial charge on any atom is 0.258 e. The predicted octanol–water partition coefficient (Wildman–Crippen LogP) is 1.49. The van der Waals surface area contributed by atoms with Gasteiger partial charge < -0.3 is 0 Å². The summed E-state index contributed by atoms with van der Waals surface area (Å²) >= 11 is 1.52. The Morgan fingerprint density at radius 1 is 1.23 bits per heavy atom. The van der Waals surface area contributed by atoms with E-state index in [1.165, 1.54) is 28.4 Å². The Bertz CT molecular complexity index is 388. The van der Waals surface area contributed by atoms with Gasteiger partial charge in [-0.1, -0.05) is 0 Å². The molecule has 1 aromatic rings. The summed E-state index contributed by atoms with van der Waals surface area (Å²) in [5.74, 6) is -0.516. The molecule has 0 spiro atoms. The van der Waals surface area contributed by atoms with Gasteiger partial charge in [0.05, 0.1) is 5.69 Å². The molecule has 0 atom stereocenters. The van der Waals surface area contributed by atoms with E-state index in [4.69, 9.17) is 0 Å². The zero-order valence-electron chi connectivity index (χ0n) is 6.98. The summed E-state index contributed by atoms with van der Waals surface area (Å²) in [7, 11) is 0. The highest BCUT2D eigenvalue weighted by molar-refractivity contribution is 7.10. The molecule has 4 heteroatoms. The van der Waals surface area contributed by atoms with Crippen LogP contribution in [0.4, 0.5) is 5.69 Å². The monoisotopic (exact) mass is 193 g/mol. The Labute approximate surface area is 79.3 Å². The third-order valence-electron chi connectivity index (χ3n) is 1.88. The van der Waals surface area contributed by atoms with Crippen molar-refractivity contribution in [3.05, 3.63) is 28.5 Å². The van der Waals surface area contributed by atoms with Crippen LogP contribution in [0, 0.1) is 6.92 Å². The van der Waals surface area contributed by atoms with Crippen LogP contribution in [-0.4, -0.2) is 11.8 Å². The van der Waals surface area contributed by atoms with Crippen molar-refractivity contribution in [3.8, 4) is 0 Å². The van der Waals surface area contributed by atoms with Crippen LogP contribution in [0.25, 0.3) is 0 Å². The first-order valence-corrected chi connectivity index (χ1v) is 4.68. The maximum atomic E-state index is 11.3. The summed E-state index contributed by atoms with van der Waals surface area (Å²) in [5.41, 5.74) is 0.699. The average Bonchev–Trinajstić information content (AvgIpc) is 2.60. The summed E-state index contributed by atoms with van der Waals surface area (Å²) in [6.45, 7) is 1.89. The fraction of sp³-hybridized carbons (Fsp3) is 0.111. The Morgan fingerprint density at radius 2 is 1.85 bits per heavy atom. The lowest BCUT2D eigenvalue weighted by atomic mass is 10.3. The minimum Gasteiger partial charge on any atom is -0.269 e. The number of aryl methyl sites for hydroxylation is 1. The Balaban J connectivity index is 2.43. The number of thiophene rings is 1. The van der Waals surface area contributed by atoms with E-state index < -0.39 is 0 Å². The molecule has 13 heavy (non-hydrogen) atoms. The minimum atomic E-state index is -0.258. The molecule has 66 valence electrons. The van der Waals surface area contributed by atoms with E-state index >= 15 is 0 Å². The largest absolute Gasteiger partial charge is 0.269 e. The van der Waals surface area contributed by atoms with E-state index in [-0.39, 0.29) is 11.8 Å². The number of rotatable bonds is 1. The molecule has 0 aromatic carbocycles. The Morgan fingerprint density at radius 3 is 2.31 bits per heavy atom. The van der Waals surface area contributed by atoms with Gasteiger partial charge in [0.1, 0.15) is 0 Å². The highest BCUT2D eigenvalue weighted by atomic mass is 32.1. The number of hydrogen-bond donors (Lipinski definition) is 0. The van der Waals surface area contributed by atoms with Gasteiger partial charge in [-0.15, -0.1) is 11.3 Å². The SMILES string of the molecule is Cc1sccc1N1C(=O)C=CC1=O. The highest BCUT2D eigenvalue weighted by Crippen LogP contribution is 2.27. The van der Waals surface area contributed by atoms with Crippen molar-refractivity contribution in [2.75, 3.05) is 4.90 Å². The van der Waals surface area contributed by atoms with Crippen LogP contribution in [0.3, 0.4) is 0 Å². The van der Waals surface area contributed by atoms with Gasteiger partial charge in [-0.25, -0.2) is 4.90 Å². The van der Waals surface area contributed by atoms with E-state index in [9.17, 15) is 9.59 Å². The van der Waals surface area contributed by atoms with Crippen LogP contribution in [0.1, 0.15) is 4.88 Å². The quantitative estimate of drug-likeness (QED) is 0.633. The second-order valence-electron chi connectivity index (χ2n) is 2.71. The molecule has 0 fully saturated rings. The van der Waals surface area contributed by atoms with Crippen LogP contribution >= 0.6 is 11.3 Å². The Kier molecular flexibility index (Phi) is 1.77. The molecular weight excluding hydrogens is 186 g/mol. The first kappa shape index (κ1) is 8.19. The third kappa shape index (κ3) is 1.19. The van der Waals surface area contributed by atoms with Gasteiger partial charge in [-0.05, 0) is 18.4 Å². The number of carbonyl (C=O) groups excluding carboxylic acids is 2. The lowest BCUT2D eigenvalue weighted by Gasteiger charge is -2.12. The average molecular weight is 193 g/mol. The molecule has 0 radical (unpaired) electrons. The smallest absolute Gasteiger partial charge is 0.258 e. The van der Waals surface area contributed by atoms with Crippen molar-refractivity contribution in [2.45, 2.75) is 6.92 Å². The maximum absolute atomic E-state index is 11.3. The van der Waals surface area contributed by atoms with Gasteiger partial charge in [0.15, 0.2) is 0 Å². The predicted molar refractivity (Wildman–Crippen MR) is 50.7 cm³/mol. The zero-order chi connectivity index (χ0) is 9.42. The number of anilines is 1. The molecule has 1 aliphatic rings. The second kappa shape index (κ2) is 2.81. The van der Waals surface area contributed by atoms with Gasteiger partial charge in [-0.2, -0.15) is 0 Å². The van der Waals surface area contributed by atoms with E-state index in [2.05, 4.69) is 0 Å². The first-order valence-electron chi connectivity index (χ1n) is 3.80. The van der Waals surface area contributed by atoms with Gasteiger partial charge >= 0.3 is 0 Å². The molecule has 2 amide bonds. The summed E-state index contributed by atoms with van der Waals surface area (Å²) in [6, 6.07) is 1.78. The fourth-order valence-electron chi connectivity index (χ4n) is 1.25. The molecule has 0 bridgehead atoms. The van der Waals surface area contributed by atoms with Gasteiger partial charge in [0.25, 0.3) is 11.8 Å². The second-order valence-corrected chi connectivity index (χ2v) is 3.83. The molecule has 1 aromatic heterocycles. The van der Waals surface area contributed by atoms with E-state index in [0.717, 1.165) is 4.88 Å². The normalized spacial score (nSPS) is 15.9. The molecular formula is C9H7NO2S. The molecule has 2 rings (SSSR count). The fourth-order valence-corrected chi connectivity index (χ4v) is 1.93. The van der Waals surface area contributed by atoms with Crippen molar-refractivity contribution < 1.29 is 9.59 Å². The van der Waals surface area contributed by atoms with Crippen LogP contribution in [0.15, 0.2) is 23.6 Å². The molecule has 1 aliphatic heterocycles. The lowest BCUT2D eigenvalue weighted by molar-refractivity contribution is -0.119. The van der Waals surface area contributed by atoms with Gasteiger partial charge in [0, 0.05) is 17.0 Å². The molecule has 0 unspecified atom stereocenters. The van der Waals surface area contributed by atoms with Crippen LogP contribution in [0.2, 0.25) is 0 Å². The molecule has 2 heterocycles. The van der Waals surface area contributed by atoms with Crippen molar-refractivity contribution in [1.82, 2.24) is 0 Å². The number of amides is 2. The number of imide groups is 1. The van der Waals surface area contributed by atoms with Crippen molar-refractivity contribution in [3.63, 3.8) is 0 Å². The third-order valence-corrected chi connectivity index (χ3v) is 2.72. The molecule has 0 saturated heterocycles. The van der Waals surface area contributed by atoms with Gasteiger partial charge in [-0.3, -0.25) is 9.59 Å². The van der Waals surface area contributed by atoms with Crippen LogP contribution < -0.4 is 4.90 Å². The molecule has 0 N–H and O–H groups in total. The summed E-state index contributed by atoms with van der Waals surface area (Å²) in [6.07, 6.45) is 2.58. The molecule has 0 saturated carbocycles. The molecule has 3 nitrogen and oxygen atoms in total. The van der Waals surface area contributed by atoms with E-state index in [1.807, 2.05) is 12.3 Å². The van der Waals surface area contributed by atoms with E-state index in [0.29, 0.717) is 5.69 Å². The standard InChI is InChI=1S/C9H7NO2S/c1-6-7(4-5-13-6)10-8(11)2-3-9(10)12/h2-5H,1H3. The van der Waals surface area contributed by atoms with Crippen molar-refractivity contribution in [2.24, 2.45) is 0 Å². The van der Waals surface area contributed by atoms with E-state index in [1.54, 1.807) is 6.07 Å². The summed E-state index contributed by atoms with van der Waals surface area (Å²) < 4.78 is 0. The van der Waals surface area contributed by atoms with Crippen LogP contribution in [-0.2, 0) is 9.59 Å². The number of carbonyl (C=O) groups is 2. The topological polar surface area (TPSA) is 37.4 Å². The lowest BCUT2D eigenvalue weighted by Crippen LogP contribution is -2.29. The highest BCUT2D eigenvalue weighted by Gasteiger charge is 2.26. The van der Waals surface area contributed by atoms with Gasteiger partial charge in [0.2, 0.25) is 0 Å². The van der Waals surface area contributed by atoms with Crippen LogP contribution in [0.5, 0.6) is 0 Å². The Hall–Kier alpha value is -1.42.